The monoisotopic (exact) mass is 782 g/mol. The van der Waals surface area contributed by atoms with Gasteiger partial charge in [0, 0.05) is 18.0 Å². The summed E-state index contributed by atoms with van der Waals surface area (Å²) in [5, 5.41) is 7.26. The fourth-order valence-electron chi connectivity index (χ4n) is 8.57. The summed E-state index contributed by atoms with van der Waals surface area (Å²) in [7, 11) is 2.55. The quantitative estimate of drug-likeness (QED) is 0.103. The molecule has 58 heavy (non-hydrogen) atoms. The van der Waals surface area contributed by atoms with E-state index in [1.807, 2.05) is 54.4 Å². The lowest BCUT2D eigenvalue weighted by molar-refractivity contribution is -0.138. The van der Waals surface area contributed by atoms with Crippen LogP contribution in [0.3, 0.4) is 0 Å². The fourth-order valence-corrected chi connectivity index (χ4v) is 8.57. The molecule has 1 aliphatic heterocycles. The van der Waals surface area contributed by atoms with Crippen molar-refractivity contribution in [2.45, 2.75) is 57.3 Å². The summed E-state index contributed by atoms with van der Waals surface area (Å²) in [5.41, 5.74) is 6.34. The molecule has 14 nitrogen and oxygen atoms in total. The summed E-state index contributed by atoms with van der Waals surface area (Å²) in [4.78, 5) is 71.2. The SMILES string of the molecule is CCCN(Cc1nc2c(ccc3cc(-c4ccc(-c5cnc([C@@H]6[C@H]7CCC(C7)N6C(=O)[C@H](NC(=O)OC)c6ccccc6)[nH]5)cc4)ccc32)[nH]1)C(=O)CNC(=O)OC. The highest BCUT2D eigenvalue weighted by atomic mass is 16.5. The van der Waals surface area contributed by atoms with Gasteiger partial charge >= 0.3 is 12.2 Å². The minimum Gasteiger partial charge on any atom is -0.453 e. The standard InChI is InChI=1S/C44H46N8O6/c1-4-20-51(37(53)24-46-43(55)57-2)25-36-47-34-19-16-30-21-29(15-18-33(30)39(34)49-36)26-10-12-27(13-11-26)35-23-45-41(48-35)40-31-14-17-32(22-31)52(40)42(54)38(50-44(56)58-3)28-8-6-5-7-9-28/h5-13,15-16,18-19,21,23,31-32,38,40H,4,14,17,20,22,24-25H2,1-3H3,(H,45,48)(H,46,55)(H,47,49)(H,50,56)/t31-,32?,38+,40-/m0/s1. The lowest BCUT2D eigenvalue weighted by Gasteiger charge is -2.36. The van der Waals surface area contributed by atoms with Crippen molar-refractivity contribution in [2.75, 3.05) is 27.3 Å². The number of aromatic nitrogens is 4. The number of carbonyl (C=O) groups excluding carboxylic acids is 4. The van der Waals surface area contributed by atoms with Gasteiger partial charge in [-0.15, -0.1) is 0 Å². The molecule has 6 aromatic rings. The van der Waals surface area contributed by atoms with Crippen molar-refractivity contribution in [3.8, 4) is 22.4 Å². The smallest absolute Gasteiger partial charge is 0.407 e. The van der Waals surface area contributed by atoms with Gasteiger partial charge < -0.3 is 39.9 Å². The molecule has 2 bridgehead atoms. The zero-order chi connectivity index (χ0) is 40.3. The molecule has 3 heterocycles. The van der Waals surface area contributed by atoms with Crippen LogP contribution in [0.1, 0.15) is 61.9 Å². The van der Waals surface area contributed by atoms with E-state index in [0.29, 0.717) is 17.9 Å². The second-order valence-corrected chi connectivity index (χ2v) is 14.9. The number of H-pyrrole nitrogens is 2. The van der Waals surface area contributed by atoms with Crippen molar-refractivity contribution in [1.82, 2.24) is 40.4 Å². The lowest BCUT2D eigenvalue weighted by atomic mass is 9.96. The highest BCUT2D eigenvalue weighted by Gasteiger charge is 2.51. The summed E-state index contributed by atoms with van der Waals surface area (Å²) in [5.74, 6) is 1.29. The molecule has 1 unspecified atom stereocenters. The second kappa shape index (κ2) is 16.4. The summed E-state index contributed by atoms with van der Waals surface area (Å²) in [6, 6.07) is 26.9. The Bertz CT molecular complexity index is 2460. The number of nitrogens with one attached hydrogen (secondary N) is 4. The van der Waals surface area contributed by atoms with Gasteiger partial charge in [0.05, 0.1) is 49.7 Å². The number of likely N-dealkylation sites (tertiary alicyclic amines) is 1. The molecule has 0 spiro atoms. The maximum Gasteiger partial charge on any atom is 0.407 e. The maximum absolute atomic E-state index is 14.3. The van der Waals surface area contributed by atoms with Crippen molar-refractivity contribution in [1.29, 1.82) is 0 Å². The van der Waals surface area contributed by atoms with Crippen molar-refractivity contribution in [2.24, 2.45) is 5.92 Å². The minimum absolute atomic E-state index is 0.0733. The van der Waals surface area contributed by atoms with Crippen molar-refractivity contribution in [3.63, 3.8) is 0 Å². The van der Waals surface area contributed by atoms with Crippen LogP contribution in [-0.2, 0) is 25.6 Å². The molecule has 2 aliphatic rings. The number of rotatable bonds is 12. The van der Waals surface area contributed by atoms with E-state index in [1.54, 1.807) is 4.90 Å². The summed E-state index contributed by atoms with van der Waals surface area (Å²) < 4.78 is 9.48. The van der Waals surface area contributed by atoms with Crippen molar-refractivity contribution >= 4 is 45.8 Å². The van der Waals surface area contributed by atoms with Gasteiger partial charge in [0.1, 0.15) is 24.2 Å². The molecule has 14 heteroatoms. The van der Waals surface area contributed by atoms with Crippen LogP contribution < -0.4 is 10.6 Å². The zero-order valence-electron chi connectivity index (χ0n) is 32.7. The van der Waals surface area contributed by atoms with Gasteiger partial charge in [0.25, 0.3) is 5.91 Å². The van der Waals surface area contributed by atoms with Gasteiger partial charge in [-0.1, -0.05) is 79.7 Å². The third-order valence-electron chi connectivity index (χ3n) is 11.3. The van der Waals surface area contributed by atoms with Gasteiger partial charge in [0.15, 0.2) is 0 Å². The van der Waals surface area contributed by atoms with Crippen LogP contribution in [0.15, 0.2) is 91.1 Å². The van der Waals surface area contributed by atoms with E-state index >= 15 is 0 Å². The molecule has 4 amide bonds. The molecule has 1 aliphatic carbocycles. The summed E-state index contributed by atoms with van der Waals surface area (Å²) in [6.07, 6.45) is 4.11. The average molecular weight is 783 g/mol. The normalized spacial score (nSPS) is 17.6. The van der Waals surface area contributed by atoms with E-state index in [4.69, 9.17) is 14.7 Å². The fraction of sp³-hybridized carbons (Fsp3) is 0.318. The number of methoxy groups -OCH3 is 2. The van der Waals surface area contributed by atoms with E-state index in [2.05, 4.69) is 73.9 Å². The van der Waals surface area contributed by atoms with Crippen LogP contribution in [0, 0.1) is 5.92 Å². The number of piperidine rings is 1. The molecule has 0 radical (unpaired) electrons. The molecule has 1 saturated carbocycles. The Hall–Kier alpha value is -6.70. The predicted octanol–water partition coefficient (Wildman–Crippen LogP) is 7.02. The first kappa shape index (κ1) is 38.2. The zero-order valence-corrected chi connectivity index (χ0v) is 32.7. The second-order valence-electron chi connectivity index (χ2n) is 14.9. The Morgan fingerprint density at radius 3 is 2.41 bits per heavy atom. The van der Waals surface area contributed by atoms with Gasteiger partial charge in [0.2, 0.25) is 5.91 Å². The molecule has 4 atom stereocenters. The molecule has 4 N–H and O–H groups in total. The van der Waals surface area contributed by atoms with Gasteiger partial charge in [-0.05, 0) is 71.4 Å². The third kappa shape index (κ3) is 7.57. The maximum atomic E-state index is 14.3. The molecule has 1 saturated heterocycles. The number of fused-ring (bicyclic) bond motifs is 5. The Morgan fingerprint density at radius 2 is 1.66 bits per heavy atom. The molecule has 298 valence electrons. The van der Waals surface area contributed by atoms with Crippen LogP contribution in [0.2, 0.25) is 0 Å². The average Bonchev–Trinajstić information content (AvgIpc) is 4.09. The molecule has 4 aromatic carbocycles. The Labute approximate surface area is 335 Å². The summed E-state index contributed by atoms with van der Waals surface area (Å²) >= 11 is 0. The molecular formula is C44H46N8O6. The highest BCUT2D eigenvalue weighted by Crippen LogP contribution is 2.50. The van der Waals surface area contributed by atoms with Crippen LogP contribution >= 0.6 is 0 Å². The van der Waals surface area contributed by atoms with E-state index in [0.717, 1.165) is 75.7 Å². The topological polar surface area (TPSA) is 175 Å². The van der Waals surface area contributed by atoms with Crippen LogP contribution in [0.4, 0.5) is 9.59 Å². The summed E-state index contributed by atoms with van der Waals surface area (Å²) in [6.45, 7) is 2.65. The van der Waals surface area contributed by atoms with Crippen molar-refractivity contribution in [3.05, 3.63) is 108 Å². The number of hydrogen-bond acceptors (Lipinski definition) is 8. The number of ether oxygens (including phenoxy) is 2. The molecular weight excluding hydrogens is 737 g/mol. The molecule has 2 fully saturated rings. The first-order chi connectivity index (χ1) is 28.2. The number of carbonyl (C=O) groups is 4. The van der Waals surface area contributed by atoms with E-state index in [9.17, 15) is 19.2 Å². The number of amides is 4. The number of alkyl carbamates (subject to hydrolysis) is 2. The Morgan fingerprint density at radius 1 is 0.897 bits per heavy atom. The van der Waals surface area contributed by atoms with Crippen molar-refractivity contribution < 1.29 is 28.7 Å². The largest absolute Gasteiger partial charge is 0.453 e. The predicted molar refractivity (Wildman–Crippen MR) is 218 cm³/mol. The number of nitrogens with zero attached hydrogens (tertiary/aromatic N) is 4. The Balaban J connectivity index is 0.989. The minimum atomic E-state index is -0.877. The number of aromatic amines is 2. The van der Waals surface area contributed by atoms with E-state index in [-0.39, 0.29) is 42.9 Å². The van der Waals surface area contributed by atoms with Crippen LogP contribution in [0.25, 0.3) is 44.2 Å². The number of hydrogen-bond donors (Lipinski definition) is 4. The first-order valence-corrected chi connectivity index (χ1v) is 19.6. The van der Waals surface area contributed by atoms with Crippen LogP contribution in [0.5, 0.6) is 0 Å². The molecule has 8 rings (SSSR count). The number of imidazole rings is 2. The lowest BCUT2D eigenvalue weighted by Crippen LogP contribution is -2.47. The first-order valence-electron chi connectivity index (χ1n) is 19.6. The van der Waals surface area contributed by atoms with Gasteiger partial charge in [-0.2, -0.15) is 0 Å². The number of benzene rings is 4. The molecule has 2 aromatic heterocycles. The van der Waals surface area contributed by atoms with Gasteiger partial charge in [-0.3, -0.25) is 9.59 Å². The van der Waals surface area contributed by atoms with Gasteiger partial charge in [-0.25, -0.2) is 19.6 Å². The third-order valence-corrected chi connectivity index (χ3v) is 11.3. The van der Waals surface area contributed by atoms with Crippen LogP contribution in [-0.4, -0.2) is 87.1 Å². The highest BCUT2D eigenvalue weighted by molar-refractivity contribution is 6.05. The van der Waals surface area contributed by atoms with E-state index in [1.165, 1.54) is 14.2 Å². The van der Waals surface area contributed by atoms with E-state index < -0.39 is 18.2 Å². The Kier molecular flexibility index (Phi) is 10.8.